The number of anilines is 1. The van der Waals surface area contributed by atoms with Gasteiger partial charge in [-0.3, -0.25) is 0 Å². The number of hydrogen-bond acceptors (Lipinski definition) is 2. The molecule has 0 amide bonds. The first kappa shape index (κ1) is 16.8. The Morgan fingerprint density at radius 1 is 1.29 bits per heavy atom. The Kier molecular flexibility index (Phi) is 6.55. The zero-order valence-corrected chi connectivity index (χ0v) is 14.0. The van der Waals surface area contributed by atoms with Gasteiger partial charge in [-0.1, -0.05) is 43.7 Å². The first-order valence-electron chi connectivity index (χ1n) is 7.24. The molecular formula is C15H19BrClF2NO. The summed E-state index contributed by atoms with van der Waals surface area (Å²) in [5.74, 6) is 0.839. The van der Waals surface area contributed by atoms with Crippen LogP contribution >= 0.6 is 27.5 Å². The van der Waals surface area contributed by atoms with Crippen molar-refractivity contribution in [2.24, 2.45) is 5.92 Å². The van der Waals surface area contributed by atoms with Crippen molar-refractivity contribution in [2.75, 3.05) is 11.9 Å². The molecule has 1 aliphatic carbocycles. The molecule has 0 atom stereocenters. The van der Waals surface area contributed by atoms with E-state index in [2.05, 4.69) is 26.0 Å². The smallest absolute Gasteiger partial charge is 0.387 e. The molecule has 2 nitrogen and oxygen atoms in total. The van der Waals surface area contributed by atoms with Gasteiger partial charge in [0.2, 0.25) is 0 Å². The van der Waals surface area contributed by atoms with Gasteiger partial charge in [0.25, 0.3) is 0 Å². The molecule has 1 N–H and O–H groups in total. The summed E-state index contributed by atoms with van der Waals surface area (Å²) in [6.07, 6.45) is 7.50. The van der Waals surface area contributed by atoms with Gasteiger partial charge >= 0.3 is 6.61 Å². The number of rotatable bonds is 6. The highest BCUT2D eigenvalue weighted by Crippen LogP contribution is 2.37. The quantitative estimate of drug-likeness (QED) is 0.643. The van der Waals surface area contributed by atoms with Gasteiger partial charge in [-0.05, 0) is 40.4 Å². The second kappa shape index (κ2) is 8.18. The summed E-state index contributed by atoms with van der Waals surface area (Å²) < 4.78 is 30.0. The summed E-state index contributed by atoms with van der Waals surface area (Å²) >= 11 is 9.19. The molecular weight excluding hydrogens is 364 g/mol. The molecule has 118 valence electrons. The van der Waals surface area contributed by atoms with Gasteiger partial charge in [-0.2, -0.15) is 8.78 Å². The van der Waals surface area contributed by atoms with Gasteiger partial charge in [0.1, 0.15) is 0 Å². The highest BCUT2D eigenvalue weighted by molar-refractivity contribution is 9.10. The van der Waals surface area contributed by atoms with Crippen molar-refractivity contribution in [2.45, 2.75) is 45.1 Å². The van der Waals surface area contributed by atoms with Crippen molar-refractivity contribution >= 4 is 33.2 Å². The van der Waals surface area contributed by atoms with Gasteiger partial charge in [0.15, 0.2) is 5.75 Å². The van der Waals surface area contributed by atoms with Crippen molar-refractivity contribution in [1.29, 1.82) is 0 Å². The molecule has 1 saturated carbocycles. The lowest BCUT2D eigenvalue weighted by atomic mass is 9.87. The molecule has 1 aromatic rings. The lowest BCUT2D eigenvalue weighted by molar-refractivity contribution is -0.0498. The predicted molar refractivity (Wildman–Crippen MR) is 85.5 cm³/mol. The maximum Gasteiger partial charge on any atom is 0.387 e. The maximum atomic E-state index is 12.5. The fraction of sp³-hybridized carbons (Fsp3) is 0.600. The fourth-order valence-electron chi connectivity index (χ4n) is 2.79. The molecule has 21 heavy (non-hydrogen) atoms. The van der Waals surface area contributed by atoms with Gasteiger partial charge in [-0.15, -0.1) is 0 Å². The number of nitrogens with one attached hydrogen (secondary N) is 1. The SMILES string of the molecule is FC(F)Oc1c(Br)cc(Cl)cc1NCCC1CCCCC1. The van der Waals surface area contributed by atoms with E-state index >= 15 is 0 Å². The van der Waals surface area contributed by atoms with E-state index in [1.807, 2.05) is 0 Å². The molecule has 6 heteroatoms. The Balaban J connectivity index is 1.97. The second-order valence-corrected chi connectivity index (χ2v) is 6.65. The topological polar surface area (TPSA) is 21.3 Å². The Morgan fingerprint density at radius 2 is 2.00 bits per heavy atom. The van der Waals surface area contributed by atoms with Crippen molar-refractivity contribution < 1.29 is 13.5 Å². The summed E-state index contributed by atoms with van der Waals surface area (Å²) in [5, 5.41) is 3.65. The summed E-state index contributed by atoms with van der Waals surface area (Å²) in [6, 6.07) is 3.16. The lowest BCUT2D eigenvalue weighted by Gasteiger charge is -2.22. The van der Waals surface area contributed by atoms with Crippen LogP contribution in [0.5, 0.6) is 5.75 Å². The van der Waals surface area contributed by atoms with E-state index in [9.17, 15) is 8.78 Å². The number of halogens is 4. The molecule has 1 aliphatic rings. The minimum atomic E-state index is -2.86. The average Bonchev–Trinajstić information content (AvgIpc) is 2.43. The zero-order chi connectivity index (χ0) is 15.2. The minimum absolute atomic E-state index is 0.109. The van der Waals surface area contributed by atoms with Gasteiger partial charge in [-0.25, -0.2) is 0 Å². The molecule has 0 heterocycles. The lowest BCUT2D eigenvalue weighted by Crippen LogP contribution is -2.13. The van der Waals surface area contributed by atoms with Crippen LogP contribution in [-0.2, 0) is 0 Å². The molecule has 0 saturated heterocycles. The molecule has 0 spiro atoms. The highest BCUT2D eigenvalue weighted by Gasteiger charge is 2.16. The molecule has 0 aliphatic heterocycles. The Labute approximate surface area is 137 Å². The number of alkyl halides is 2. The largest absolute Gasteiger partial charge is 0.431 e. The van der Waals surface area contributed by atoms with Crippen LogP contribution in [0.1, 0.15) is 38.5 Å². The first-order valence-corrected chi connectivity index (χ1v) is 8.41. The second-order valence-electron chi connectivity index (χ2n) is 5.36. The zero-order valence-electron chi connectivity index (χ0n) is 11.7. The molecule has 0 unspecified atom stereocenters. The van der Waals surface area contributed by atoms with Crippen LogP contribution in [0, 0.1) is 5.92 Å². The van der Waals surface area contributed by atoms with Crippen molar-refractivity contribution in [3.63, 3.8) is 0 Å². The molecule has 1 fully saturated rings. The standard InChI is InChI=1S/C15H19BrClF2NO/c16-12-8-11(17)9-13(14(12)21-15(18)19)20-7-6-10-4-2-1-3-5-10/h8-10,15,20H,1-7H2. The van der Waals surface area contributed by atoms with E-state index < -0.39 is 6.61 Å². The van der Waals surface area contributed by atoms with E-state index in [4.69, 9.17) is 11.6 Å². The summed E-state index contributed by atoms with van der Waals surface area (Å²) in [4.78, 5) is 0. The third kappa shape index (κ3) is 5.29. The summed E-state index contributed by atoms with van der Waals surface area (Å²) in [6.45, 7) is -2.13. The van der Waals surface area contributed by atoms with Gasteiger partial charge in [0, 0.05) is 11.6 Å². The van der Waals surface area contributed by atoms with E-state index in [1.165, 1.54) is 32.1 Å². The van der Waals surface area contributed by atoms with Crippen LogP contribution in [0.15, 0.2) is 16.6 Å². The predicted octanol–water partition coefficient (Wildman–Crippen LogP) is 6.09. The van der Waals surface area contributed by atoms with Crippen LogP contribution < -0.4 is 10.1 Å². The van der Waals surface area contributed by atoms with Crippen molar-refractivity contribution in [3.05, 3.63) is 21.6 Å². The maximum absolute atomic E-state index is 12.5. The third-order valence-electron chi connectivity index (χ3n) is 3.81. The van der Waals surface area contributed by atoms with Crippen molar-refractivity contribution in [3.8, 4) is 5.75 Å². The summed E-state index contributed by atoms with van der Waals surface area (Å²) in [7, 11) is 0. The van der Waals surface area contributed by atoms with E-state index in [0.29, 0.717) is 15.2 Å². The average molecular weight is 383 g/mol. The van der Waals surface area contributed by atoms with Crippen LogP contribution in [0.25, 0.3) is 0 Å². The van der Waals surface area contributed by atoms with Gasteiger partial charge in [0.05, 0.1) is 10.2 Å². The molecule has 0 bridgehead atoms. The third-order valence-corrected chi connectivity index (χ3v) is 4.62. The summed E-state index contributed by atoms with van der Waals surface area (Å²) in [5.41, 5.74) is 0.505. The van der Waals surface area contributed by atoms with Crippen molar-refractivity contribution in [1.82, 2.24) is 0 Å². The van der Waals surface area contributed by atoms with Crippen LogP contribution in [0.4, 0.5) is 14.5 Å². The highest BCUT2D eigenvalue weighted by atomic mass is 79.9. The van der Waals surface area contributed by atoms with E-state index in [-0.39, 0.29) is 5.75 Å². The fourth-order valence-corrected chi connectivity index (χ4v) is 3.69. The minimum Gasteiger partial charge on any atom is -0.431 e. The molecule has 2 rings (SSSR count). The number of hydrogen-bond donors (Lipinski definition) is 1. The van der Waals surface area contributed by atoms with E-state index in [0.717, 1.165) is 18.9 Å². The van der Waals surface area contributed by atoms with E-state index in [1.54, 1.807) is 12.1 Å². The Bertz CT molecular complexity index is 467. The number of ether oxygens (including phenoxy) is 1. The molecule has 0 radical (unpaired) electrons. The van der Waals surface area contributed by atoms with Gasteiger partial charge < -0.3 is 10.1 Å². The van der Waals surface area contributed by atoms with Crippen LogP contribution in [0.2, 0.25) is 5.02 Å². The number of benzene rings is 1. The van der Waals surface area contributed by atoms with Crippen LogP contribution in [0.3, 0.4) is 0 Å². The Morgan fingerprint density at radius 3 is 2.67 bits per heavy atom. The first-order chi connectivity index (χ1) is 10.1. The molecule has 0 aromatic heterocycles. The monoisotopic (exact) mass is 381 g/mol. The Hall–Kier alpha value is -0.550. The normalized spacial score (nSPS) is 16.2. The van der Waals surface area contributed by atoms with Crippen LogP contribution in [-0.4, -0.2) is 13.2 Å². The molecule has 1 aromatic carbocycles.